The first-order chi connectivity index (χ1) is 20.5. The maximum absolute atomic E-state index is 14.9. The zero-order chi connectivity index (χ0) is 29.3. The number of hydrogen-bond acceptors (Lipinski definition) is 3. The van der Waals surface area contributed by atoms with E-state index < -0.39 is 0 Å². The van der Waals surface area contributed by atoms with Gasteiger partial charge in [0.25, 0.3) is 0 Å². The molecular formula is C38H54FN3. The minimum Gasteiger partial charge on any atom is -0.362 e. The third-order valence-electron chi connectivity index (χ3n) is 10.4. The molecule has 0 unspecified atom stereocenters. The van der Waals surface area contributed by atoms with Crippen molar-refractivity contribution in [1.29, 1.82) is 0 Å². The Hall–Kier alpha value is -2.49. The van der Waals surface area contributed by atoms with E-state index >= 15 is 0 Å². The summed E-state index contributed by atoms with van der Waals surface area (Å²) in [5, 5.41) is 1.13. The molecule has 1 atom stereocenters. The number of benzene rings is 2. The Morgan fingerprint density at radius 1 is 0.810 bits per heavy atom. The second-order valence-corrected chi connectivity index (χ2v) is 13.8. The molecule has 2 aromatic carbocycles. The summed E-state index contributed by atoms with van der Waals surface area (Å²) in [5.74, 6) is 4.77. The molecule has 3 nitrogen and oxygen atoms in total. The highest BCUT2D eigenvalue weighted by atomic mass is 19.1. The van der Waals surface area contributed by atoms with E-state index in [0.717, 1.165) is 59.2 Å². The molecule has 0 saturated heterocycles. The Kier molecular flexibility index (Phi) is 11.3. The van der Waals surface area contributed by atoms with Gasteiger partial charge in [-0.1, -0.05) is 108 Å². The molecule has 0 N–H and O–H groups in total. The van der Waals surface area contributed by atoms with Crippen LogP contribution >= 0.6 is 0 Å². The quantitative estimate of drug-likeness (QED) is 0.191. The highest BCUT2D eigenvalue weighted by molar-refractivity contribution is 5.89. The molecule has 2 fully saturated rings. The molecule has 0 amide bonds. The zero-order valence-electron chi connectivity index (χ0n) is 26.6. The summed E-state index contributed by atoms with van der Waals surface area (Å²) in [4.78, 5) is 11.8. The smallest absolute Gasteiger partial charge is 0.139 e. The lowest BCUT2D eigenvalue weighted by atomic mass is 9.77. The van der Waals surface area contributed by atoms with Crippen molar-refractivity contribution in [3.05, 3.63) is 65.2 Å². The molecule has 1 aromatic heterocycles. The van der Waals surface area contributed by atoms with Gasteiger partial charge in [-0.25, -0.2) is 14.4 Å². The van der Waals surface area contributed by atoms with Crippen LogP contribution in [0.4, 0.5) is 10.2 Å². The van der Waals surface area contributed by atoms with Crippen molar-refractivity contribution >= 4 is 16.7 Å². The lowest BCUT2D eigenvalue weighted by Gasteiger charge is -2.28. The van der Waals surface area contributed by atoms with Crippen LogP contribution in [0, 0.1) is 17.7 Å². The van der Waals surface area contributed by atoms with Gasteiger partial charge in [-0.05, 0) is 78.7 Å². The predicted octanol–water partition coefficient (Wildman–Crippen LogP) is 10.8. The Bertz CT molecular complexity index is 1260. The molecule has 228 valence electrons. The van der Waals surface area contributed by atoms with E-state index in [1.54, 1.807) is 0 Å². The number of aromatic nitrogens is 2. The van der Waals surface area contributed by atoms with Crippen LogP contribution in [0.5, 0.6) is 0 Å². The molecule has 3 aromatic rings. The van der Waals surface area contributed by atoms with Crippen molar-refractivity contribution in [2.75, 3.05) is 19.0 Å². The Morgan fingerprint density at radius 2 is 1.50 bits per heavy atom. The fourth-order valence-electron chi connectivity index (χ4n) is 7.73. The summed E-state index contributed by atoms with van der Waals surface area (Å²) < 4.78 is 14.9. The maximum atomic E-state index is 14.9. The molecule has 0 spiro atoms. The second kappa shape index (κ2) is 15.3. The Balaban J connectivity index is 0.958. The Labute approximate surface area is 254 Å². The lowest BCUT2D eigenvalue weighted by molar-refractivity contribution is 0.244. The van der Waals surface area contributed by atoms with Gasteiger partial charge in [-0.3, -0.25) is 0 Å². The average Bonchev–Trinajstić information content (AvgIpc) is 3.02. The van der Waals surface area contributed by atoms with E-state index in [4.69, 9.17) is 9.97 Å². The van der Waals surface area contributed by atoms with Gasteiger partial charge in [0.2, 0.25) is 0 Å². The van der Waals surface area contributed by atoms with Gasteiger partial charge < -0.3 is 4.90 Å². The highest BCUT2D eigenvalue weighted by Gasteiger charge is 2.22. The molecule has 4 heteroatoms. The van der Waals surface area contributed by atoms with Gasteiger partial charge in [-0.2, -0.15) is 0 Å². The Morgan fingerprint density at radius 3 is 2.19 bits per heavy atom. The summed E-state index contributed by atoms with van der Waals surface area (Å²) in [6, 6.07) is 14.5. The van der Waals surface area contributed by atoms with Crippen LogP contribution < -0.4 is 4.90 Å². The third kappa shape index (κ3) is 8.32. The second-order valence-electron chi connectivity index (χ2n) is 13.8. The van der Waals surface area contributed by atoms with E-state index in [2.05, 4.69) is 62.3 Å². The topological polar surface area (TPSA) is 29.0 Å². The molecular weight excluding hydrogens is 517 g/mol. The first-order valence-corrected chi connectivity index (χ1v) is 17.2. The van der Waals surface area contributed by atoms with Crippen LogP contribution in [0.25, 0.3) is 10.9 Å². The van der Waals surface area contributed by atoms with Gasteiger partial charge in [0.15, 0.2) is 0 Å². The SMILES string of the molecule is C[C@H](CCCCC1CCC(CCCCc2nc(N(C)C)c3ccccc3n2)CC1)c1ccc(C2CCCCC2)c(F)c1. The highest BCUT2D eigenvalue weighted by Crippen LogP contribution is 2.37. The average molecular weight is 572 g/mol. The van der Waals surface area contributed by atoms with E-state index in [0.29, 0.717) is 11.8 Å². The molecule has 2 saturated carbocycles. The minimum atomic E-state index is 0.0449. The number of nitrogens with zero attached hydrogens (tertiary/aromatic N) is 3. The van der Waals surface area contributed by atoms with Gasteiger partial charge >= 0.3 is 0 Å². The van der Waals surface area contributed by atoms with Crippen LogP contribution in [0.2, 0.25) is 0 Å². The van der Waals surface area contributed by atoms with Crippen molar-refractivity contribution in [3.63, 3.8) is 0 Å². The number of unbranched alkanes of at least 4 members (excludes halogenated alkanes) is 2. The molecule has 42 heavy (non-hydrogen) atoms. The van der Waals surface area contributed by atoms with Crippen molar-refractivity contribution < 1.29 is 4.39 Å². The molecule has 0 bridgehead atoms. The summed E-state index contributed by atoms with van der Waals surface area (Å²) in [5.41, 5.74) is 3.22. The molecule has 0 radical (unpaired) electrons. The summed E-state index contributed by atoms with van der Waals surface area (Å²) in [6.45, 7) is 2.29. The fourth-order valence-corrected chi connectivity index (χ4v) is 7.73. The van der Waals surface area contributed by atoms with Crippen LogP contribution in [0.3, 0.4) is 0 Å². The van der Waals surface area contributed by atoms with Gasteiger partial charge in [0.1, 0.15) is 17.5 Å². The van der Waals surface area contributed by atoms with Crippen molar-refractivity contribution in [2.24, 2.45) is 11.8 Å². The van der Waals surface area contributed by atoms with E-state index in [9.17, 15) is 4.39 Å². The van der Waals surface area contributed by atoms with E-state index in [-0.39, 0.29) is 5.82 Å². The number of anilines is 1. The van der Waals surface area contributed by atoms with E-state index in [1.165, 1.54) is 95.5 Å². The zero-order valence-corrected chi connectivity index (χ0v) is 26.6. The lowest BCUT2D eigenvalue weighted by Crippen LogP contribution is -2.15. The summed E-state index contributed by atoms with van der Waals surface area (Å²) in [6.07, 6.45) is 21.7. The number of rotatable bonds is 13. The minimum absolute atomic E-state index is 0.0449. The molecule has 0 aliphatic heterocycles. The monoisotopic (exact) mass is 571 g/mol. The molecule has 1 heterocycles. The van der Waals surface area contributed by atoms with Gasteiger partial charge in [0.05, 0.1) is 5.52 Å². The molecule has 5 rings (SSSR count). The number of aryl methyl sites for hydroxylation is 1. The van der Waals surface area contributed by atoms with Crippen molar-refractivity contribution in [1.82, 2.24) is 9.97 Å². The number of para-hydroxylation sites is 1. The normalized spacial score (nSPS) is 20.6. The maximum Gasteiger partial charge on any atom is 0.139 e. The van der Waals surface area contributed by atoms with Crippen LogP contribution in [0.15, 0.2) is 42.5 Å². The molecule has 2 aliphatic rings. The number of fused-ring (bicyclic) bond motifs is 1. The first-order valence-electron chi connectivity index (χ1n) is 17.2. The van der Waals surface area contributed by atoms with Gasteiger partial charge in [0, 0.05) is 25.9 Å². The first kappa shape index (κ1) is 31.0. The number of hydrogen-bond donors (Lipinski definition) is 0. The standard InChI is InChI=1S/C38H54FN3/c1-28(32-25-26-33(35(39)27-32)31-16-5-4-6-17-31)13-7-8-14-29-21-23-30(24-22-29)15-9-12-20-37-40-36-19-11-10-18-34(36)38(41-37)42(2)3/h10-11,18-19,25-31H,4-9,12-17,20-24H2,1-3H3/t28-,29?,30?/m1/s1. The number of halogens is 1. The van der Waals surface area contributed by atoms with Crippen molar-refractivity contribution in [3.8, 4) is 0 Å². The van der Waals surface area contributed by atoms with Crippen LogP contribution in [-0.4, -0.2) is 24.1 Å². The largest absolute Gasteiger partial charge is 0.362 e. The van der Waals surface area contributed by atoms with Crippen LogP contribution in [-0.2, 0) is 6.42 Å². The molecule has 2 aliphatic carbocycles. The van der Waals surface area contributed by atoms with Crippen molar-refractivity contribution in [2.45, 2.75) is 128 Å². The van der Waals surface area contributed by atoms with E-state index in [1.807, 2.05) is 6.07 Å². The van der Waals surface area contributed by atoms with Crippen LogP contribution in [0.1, 0.15) is 138 Å². The fraction of sp³-hybridized carbons (Fsp3) is 0.632. The third-order valence-corrected chi connectivity index (χ3v) is 10.4. The van der Waals surface area contributed by atoms with Gasteiger partial charge in [-0.15, -0.1) is 0 Å². The predicted molar refractivity (Wildman–Crippen MR) is 176 cm³/mol. The summed E-state index contributed by atoms with van der Waals surface area (Å²) in [7, 11) is 4.13. The summed E-state index contributed by atoms with van der Waals surface area (Å²) >= 11 is 0.